The topological polar surface area (TPSA) is 154 Å². The normalized spacial score (nSPS) is 14.6. The van der Waals surface area contributed by atoms with Crippen LogP contribution in [0.2, 0.25) is 0 Å². The number of aryl methyl sites for hydroxylation is 1. The Morgan fingerprint density at radius 2 is 1.85 bits per heavy atom. The molecule has 0 bridgehead atoms. The number of nitrogens with zero attached hydrogens (tertiary/aromatic N) is 7. The van der Waals surface area contributed by atoms with Gasteiger partial charge >= 0.3 is 0 Å². The lowest BCUT2D eigenvalue weighted by Gasteiger charge is -2.35. The summed E-state index contributed by atoms with van der Waals surface area (Å²) in [6.45, 7) is 9.85. The SMILES string of the molecule is Cc1ccc(C(=O)Nc2cc(C(C)(C)C)n[nH]2)cc1Nc1ncnc2c(N)nc(N3CCC(N(C)C)CC3)nc12. The number of hydrogen-bond acceptors (Lipinski definition) is 10. The molecular weight excluding hydrogens is 506 g/mol. The molecule has 0 spiro atoms. The first-order chi connectivity index (χ1) is 19.0. The zero-order valence-corrected chi connectivity index (χ0v) is 23.9. The molecule has 12 nitrogen and oxygen atoms in total. The van der Waals surface area contributed by atoms with Crippen molar-refractivity contribution in [2.45, 2.75) is 52.0 Å². The fourth-order valence-electron chi connectivity index (χ4n) is 4.76. The first kappa shape index (κ1) is 27.3. The van der Waals surface area contributed by atoms with Crippen LogP contribution in [0.5, 0.6) is 0 Å². The van der Waals surface area contributed by atoms with E-state index in [1.807, 2.05) is 19.1 Å². The zero-order valence-electron chi connectivity index (χ0n) is 23.9. The number of nitrogens with two attached hydrogens (primary N) is 1. The molecule has 0 saturated carbocycles. The van der Waals surface area contributed by atoms with Gasteiger partial charge in [0, 0.05) is 41.9 Å². The third-order valence-electron chi connectivity index (χ3n) is 7.32. The minimum absolute atomic E-state index is 0.129. The molecule has 1 amide bonds. The first-order valence-corrected chi connectivity index (χ1v) is 13.4. The number of rotatable bonds is 6. The molecule has 4 heterocycles. The van der Waals surface area contributed by atoms with Crippen LogP contribution in [-0.2, 0) is 5.41 Å². The predicted molar refractivity (Wildman–Crippen MR) is 158 cm³/mol. The van der Waals surface area contributed by atoms with E-state index in [0.29, 0.717) is 46.0 Å². The maximum absolute atomic E-state index is 13.1. The minimum atomic E-state index is -0.255. The van der Waals surface area contributed by atoms with Crippen LogP contribution in [0.25, 0.3) is 11.0 Å². The number of benzene rings is 1. The lowest BCUT2D eigenvalue weighted by atomic mass is 9.92. The average Bonchev–Trinajstić information content (AvgIpc) is 3.39. The number of piperidine rings is 1. The van der Waals surface area contributed by atoms with Gasteiger partial charge in [0.2, 0.25) is 5.95 Å². The van der Waals surface area contributed by atoms with Gasteiger partial charge in [-0.2, -0.15) is 10.1 Å². The van der Waals surface area contributed by atoms with Crippen molar-refractivity contribution in [1.29, 1.82) is 0 Å². The summed E-state index contributed by atoms with van der Waals surface area (Å²) in [6, 6.07) is 7.85. The van der Waals surface area contributed by atoms with Crippen molar-refractivity contribution >= 4 is 46.0 Å². The van der Waals surface area contributed by atoms with E-state index < -0.39 is 0 Å². The molecule has 0 aliphatic carbocycles. The second-order valence-electron chi connectivity index (χ2n) is 11.5. The van der Waals surface area contributed by atoms with E-state index in [0.717, 1.165) is 42.9 Å². The maximum atomic E-state index is 13.1. The molecule has 1 aliphatic rings. The van der Waals surface area contributed by atoms with Gasteiger partial charge in [0.1, 0.15) is 23.2 Å². The summed E-state index contributed by atoms with van der Waals surface area (Å²) in [5, 5.41) is 13.5. The highest BCUT2D eigenvalue weighted by Crippen LogP contribution is 2.29. The summed E-state index contributed by atoms with van der Waals surface area (Å²) in [5.41, 5.74) is 10.2. The Morgan fingerprint density at radius 1 is 1.10 bits per heavy atom. The van der Waals surface area contributed by atoms with Gasteiger partial charge in [0.15, 0.2) is 11.6 Å². The lowest BCUT2D eigenvalue weighted by Crippen LogP contribution is -2.42. The maximum Gasteiger partial charge on any atom is 0.256 e. The molecular formula is C28H37N11O. The fraction of sp³-hybridized carbons (Fsp3) is 0.429. The van der Waals surface area contributed by atoms with Crippen LogP contribution in [0.15, 0.2) is 30.6 Å². The Bertz CT molecular complexity index is 1530. The Balaban J connectivity index is 1.40. The molecule has 5 rings (SSSR count). The van der Waals surface area contributed by atoms with E-state index >= 15 is 0 Å². The summed E-state index contributed by atoms with van der Waals surface area (Å²) < 4.78 is 0. The van der Waals surface area contributed by atoms with Crippen molar-refractivity contribution in [3.05, 3.63) is 47.4 Å². The molecule has 210 valence electrons. The monoisotopic (exact) mass is 543 g/mol. The zero-order chi connectivity index (χ0) is 28.6. The van der Waals surface area contributed by atoms with E-state index in [1.54, 1.807) is 12.1 Å². The van der Waals surface area contributed by atoms with Gasteiger partial charge in [-0.25, -0.2) is 15.0 Å². The number of aromatic amines is 1. The number of H-pyrrole nitrogens is 1. The second-order valence-corrected chi connectivity index (χ2v) is 11.5. The Labute approximate surface area is 233 Å². The molecule has 0 radical (unpaired) electrons. The van der Waals surface area contributed by atoms with E-state index in [-0.39, 0.29) is 11.3 Å². The molecule has 1 aromatic carbocycles. The van der Waals surface area contributed by atoms with E-state index in [4.69, 9.17) is 10.7 Å². The third kappa shape index (κ3) is 5.67. The molecule has 40 heavy (non-hydrogen) atoms. The van der Waals surface area contributed by atoms with E-state index in [9.17, 15) is 4.79 Å². The van der Waals surface area contributed by atoms with Crippen molar-refractivity contribution < 1.29 is 4.79 Å². The molecule has 1 saturated heterocycles. The number of fused-ring (bicyclic) bond motifs is 1. The minimum Gasteiger partial charge on any atom is -0.382 e. The highest BCUT2D eigenvalue weighted by atomic mass is 16.1. The van der Waals surface area contributed by atoms with Crippen molar-refractivity contribution in [3.8, 4) is 0 Å². The largest absolute Gasteiger partial charge is 0.382 e. The number of aromatic nitrogens is 6. The molecule has 5 N–H and O–H groups in total. The van der Waals surface area contributed by atoms with E-state index in [1.165, 1.54) is 6.33 Å². The summed E-state index contributed by atoms with van der Waals surface area (Å²) in [5.74, 6) is 1.65. The van der Waals surface area contributed by atoms with Gasteiger partial charge < -0.3 is 26.2 Å². The molecule has 3 aromatic heterocycles. The number of carbonyl (C=O) groups excluding carboxylic acids is 1. The fourth-order valence-corrected chi connectivity index (χ4v) is 4.76. The van der Waals surface area contributed by atoms with Gasteiger partial charge in [-0.15, -0.1) is 0 Å². The standard InChI is InChI=1S/C28H37N11O/c1-16-7-8-17(26(40)33-21-14-20(36-37-21)28(2,3)4)13-19(16)32-25-23-22(30-15-31-25)24(29)35-27(34-23)39-11-9-18(10-12-39)38(5)6/h7-8,13-15,18H,9-12H2,1-6H3,(H2,29,34,35)(H,30,31,32)(H2,33,36,37,40). The lowest BCUT2D eigenvalue weighted by molar-refractivity contribution is 0.102. The van der Waals surface area contributed by atoms with Gasteiger partial charge in [-0.05, 0) is 51.6 Å². The average molecular weight is 544 g/mol. The van der Waals surface area contributed by atoms with Gasteiger partial charge in [0.05, 0.1) is 5.69 Å². The third-order valence-corrected chi connectivity index (χ3v) is 7.32. The smallest absolute Gasteiger partial charge is 0.256 e. The van der Waals surface area contributed by atoms with Crippen LogP contribution in [0.1, 0.15) is 55.2 Å². The van der Waals surface area contributed by atoms with Crippen LogP contribution < -0.4 is 21.3 Å². The number of nitrogen functional groups attached to an aromatic ring is 1. The van der Waals surface area contributed by atoms with Gasteiger partial charge in [-0.1, -0.05) is 26.8 Å². The van der Waals surface area contributed by atoms with Crippen molar-refractivity contribution in [3.63, 3.8) is 0 Å². The molecule has 0 atom stereocenters. The van der Waals surface area contributed by atoms with Crippen LogP contribution in [0.4, 0.5) is 29.1 Å². The number of hydrogen-bond donors (Lipinski definition) is 4. The molecule has 1 aliphatic heterocycles. The van der Waals surface area contributed by atoms with Gasteiger partial charge in [0.25, 0.3) is 5.91 Å². The summed E-state index contributed by atoms with van der Waals surface area (Å²) in [6.07, 6.45) is 3.48. The van der Waals surface area contributed by atoms with Crippen molar-refractivity contribution in [1.82, 2.24) is 35.0 Å². The van der Waals surface area contributed by atoms with Crippen LogP contribution in [0, 0.1) is 6.92 Å². The summed E-state index contributed by atoms with van der Waals surface area (Å²) in [4.78, 5) is 35.7. The quantitative estimate of drug-likeness (QED) is 0.282. The number of amides is 1. The number of carbonyl (C=O) groups is 1. The van der Waals surface area contributed by atoms with Crippen LogP contribution >= 0.6 is 0 Å². The van der Waals surface area contributed by atoms with Crippen LogP contribution in [0.3, 0.4) is 0 Å². The molecule has 1 fully saturated rings. The van der Waals surface area contributed by atoms with Crippen molar-refractivity contribution in [2.75, 3.05) is 48.5 Å². The van der Waals surface area contributed by atoms with Gasteiger partial charge in [-0.3, -0.25) is 9.89 Å². The summed E-state index contributed by atoms with van der Waals surface area (Å²) in [7, 11) is 4.22. The Morgan fingerprint density at radius 3 is 2.52 bits per heavy atom. The van der Waals surface area contributed by atoms with Crippen LogP contribution in [-0.4, -0.2) is 74.2 Å². The predicted octanol–water partition coefficient (Wildman–Crippen LogP) is 3.86. The highest BCUT2D eigenvalue weighted by Gasteiger charge is 2.24. The van der Waals surface area contributed by atoms with E-state index in [2.05, 4.69) is 80.4 Å². The van der Waals surface area contributed by atoms with Crippen molar-refractivity contribution in [2.24, 2.45) is 0 Å². The number of nitrogens with one attached hydrogen (secondary N) is 3. The Hall–Kier alpha value is -4.32. The summed E-state index contributed by atoms with van der Waals surface area (Å²) >= 11 is 0. The molecule has 4 aromatic rings. The number of anilines is 5. The second kappa shape index (κ2) is 10.7. The highest BCUT2D eigenvalue weighted by molar-refractivity contribution is 6.04. The first-order valence-electron chi connectivity index (χ1n) is 13.4. The molecule has 0 unspecified atom stereocenters. The molecule has 12 heteroatoms. The Kier molecular flexibility index (Phi) is 7.28.